The molecule has 1 heterocycles. The van der Waals surface area contributed by atoms with E-state index < -0.39 is 5.97 Å². The van der Waals surface area contributed by atoms with Gasteiger partial charge in [-0.2, -0.15) is 0 Å². The molecule has 1 aromatic rings. The quantitative estimate of drug-likeness (QED) is 0.871. The van der Waals surface area contributed by atoms with E-state index in [1.54, 1.807) is 6.07 Å². The molecule has 1 saturated carbocycles. The number of aromatic carboxylic acids is 1. The van der Waals surface area contributed by atoms with Crippen molar-refractivity contribution in [3.05, 3.63) is 34.9 Å². The molecule has 0 amide bonds. The van der Waals surface area contributed by atoms with Gasteiger partial charge >= 0.3 is 5.97 Å². The van der Waals surface area contributed by atoms with E-state index in [0.29, 0.717) is 5.56 Å². The van der Waals surface area contributed by atoms with Crippen molar-refractivity contribution in [3.63, 3.8) is 0 Å². The van der Waals surface area contributed by atoms with Gasteiger partial charge in [-0.05, 0) is 42.5 Å². The zero-order chi connectivity index (χ0) is 12.5. The minimum atomic E-state index is -0.823. The number of carbonyl (C=O) groups is 1. The molecule has 3 heteroatoms. The number of carboxylic acid groups (broad SMARTS) is 1. The third kappa shape index (κ3) is 2.15. The maximum atomic E-state index is 11.0. The summed E-state index contributed by atoms with van der Waals surface area (Å²) in [6, 6.07) is 6.31. The molecule has 1 aliphatic heterocycles. The molecular formula is C15H19NO2. The molecule has 1 N–H and O–H groups in total. The van der Waals surface area contributed by atoms with Gasteiger partial charge in [0.15, 0.2) is 0 Å². The van der Waals surface area contributed by atoms with Crippen LogP contribution in [0.5, 0.6) is 0 Å². The average molecular weight is 245 g/mol. The van der Waals surface area contributed by atoms with Gasteiger partial charge in [0.25, 0.3) is 0 Å². The Labute approximate surface area is 107 Å². The molecule has 18 heavy (non-hydrogen) atoms. The summed E-state index contributed by atoms with van der Waals surface area (Å²) in [6.07, 6.45) is 6.39. The summed E-state index contributed by atoms with van der Waals surface area (Å²) in [5.74, 6) is -0.823. The van der Waals surface area contributed by atoms with Gasteiger partial charge in [-0.3, -0.25) is 4.90 Å². The molecule has 0 spiro atoms. The lowest BCUT2D eigenvalue weighted by atomic mass is 9.96. The number of hydrogen-bond donors (Lipinski definition) is 1. The minimum absolute atomic E-state index is 0.419. The van der Waals surface area contributed by atoms with Crippen LogP contribution < -0.4 is 0 Å². The first-order valence-corrected chi connectivity index (χ1v) is 6.83. The van der Waals surface area contributed by atoms with E-state index >= 15 is 0 Å². The van der Waals surface area contributed by atoms with Crippen LogP contribution in [0.3, 0.4) is 0 Å². The zero-order valence-electron chi connectivity index (χ0n) is 10.6. The maximum Gasteiger partial charge on any atom is 0.335 e. The Morgan fingerprint density at radius 2 is 2.00 bits per heavy atom. The smallest absolute Gasteiger partial charge is 0.335 e. The topological polar surface area (TPSA) is 40.5 Å². The number of benzene rings is 1. The highest BCUT2D eigenvalue weighted by atomic mass is 16.4. The van der Waals surface area contributed by atoms with Crippen LogP contribution in [0, 0.1) is 0 Å². The van der Waals surface area contributed by atoms with Crippen molar-refractivity contribution < 1.29 is 9.90 Å². The first-order valence-electron chi connectivity index (χ1n) is 6.83. The second-order valence-corrected chi connectivity index (χ2v) is 5.45. The molecule has 1 fully saturated rings. The second-order valence-electron chi connectivity index (χ2n) is 5.45. The van der Waals surface area contributed by atoms with Crippen LogP contribution in [0.15, 0.2) is 18.2 Å². The molecule has 96 valence electrons. The van der Waals surface area contributed by atoms with Crippen molar-refractivity contribution in [2.24, 2.45) is 0 Å². The lowest BCUT2D eigenvalue weighted by Gasteiger charge is -2.33. The Morgan fingerprint density at radius 1 is 1.22 bits per heavy atom. The van der Waals surface area contributed by atoms with Gasteiger partial charge in [0.1, 0.15) is 0 Å². The van der Waals surface area contributed by atoms with Gasteiger partial charge in [-0.1, -0.05) is 18.9 Å². The van der Waals surface area contributed by atoms with Crippen LogP contribution in [0.25, 0.3) is 0 Å². The van der Waals surface area contributed by atoms with Crippen LogP contribution in [0.4, 0.5) is 0 Å². The molecule has 0 saturated heterocycles. The molecule has 0 bridgehead atoms. The van der Waals surface area contributed by atoms with E-state index in [1.807, 2.05) is 12.1 Å². The van der Waals surface area contributed by atoms with Crippen LogP contribution in [0.2, 0.25) is 0 Å². The molecule has 0 radical (unpaired) electrons. The van der Waals surface area contributed by atoms with Crippen LogP contribution in [-0.4, -0.2) is 28.6 Å². The number of carboxylic acids is 1. The van der Waals surface area contributed by atoms with E-state index in [2.05, 4.69) is 4.90 Å². The molecule has 0 atom stereocenters. The lowest BCUT2D eigenvalue weighted by molar-refractivity contribution is 0.0696. The van der Waals surface area contributed by atoms with Crippen LogP contribution in [-0.2, 0) is 13.0 Å². The van der Waals surface area contributed by atoms with Crippen molar-refractivity contribution in [2.75, 3.05) is 6.54 Å². The predicted octanol–water partition coefficient (Wildman–Crippen LogP) is 2.69. The number of fused-ring (bicyclic) bond motifs is 1. The van der Waals surface area contributed by atoms with E-state index in [-0.39, 0.29) is 0 Å². The first kappa shape index (κ1) is 11.7. The SMILES string of the molecule is O=C(O)c1ccc2c(c1)CN(C1CCCC1)CC2. The molecule has 0 aromatic heterocycles. The molecule has 3 rings (SSSR count). The van der Waals surface area contributed by atoms with Gasteiger partial charge in [0, 0.05) is 19.1 Å². The summed E-state index contributed by atoms with van der Waals surface area (Å²) in [6.45, 7) is 2.06. The largest absolute Gasteiger partial charge is 0.478 e. The molecule has 1 aromatic carbocycles. The Hall–Kier alpha value is -1.35. The number of rotatable bonds is 2. The van der Waals surface area contributed by atoms with Gasteiger partial charge < -0.3 is 5.11 Å². The Bertz CT molecular complexity index is 464. The molecule has 1 aliphatic carbocycles. The fourth-order valence-electron chi connectivity index (χ4n) is 3.29. The zero-order valence-corrected chi connectivity index (χ0v) is 10.6. The highest BCUT2D eigenvalue weighted by molar-refractivity contribution is 5.87. The van der Waals surface area contributed by atoms with Gasteiger partial charge in [-0.15, -0.1) is 0 Å². The van der Waals surface area contributed by atoms with Crippen molar-refractivity contribution in [1.82, 2.24) is 4.90 Å². The molecule has 0 unspecified atom stereocenters. The lowest BCUT2D eigenvalue weighted by Crippen LogP contribution is -2.37. The fourth-order valence-corrected chi connectivity index (χ4v) is 3.29. The monoisotopic (exact) mass is 245 g/mol. The van der Waals surface area contributed by atoms with E-state index in [0.717, 1.165) is 25.6 Å². The van der Waals surface area contributed by atoms with Crippen molar-refractivity contribution in [2.45, 2.75) is 44.7 Å². The van der Waals surface area contributed by atoms with Gasteiger partial charge in [0.05, 0.1) is 5.56 Å². The highest BCUT2D eigenvalue weighted by Gasteiger charge is 2.26. The summed E-state index contributed by atoms with van der Waals surface area (Å²) in [7, 11) is 0. The van der Waals surface area contributed by atoms with Crippen molar-refractivity contribution >= 4 is 5.97 Å². The van der Waals surface area contributed by atoms with Gasteiger partial charge in [0.2, 0.25) is 0 Å². The Balaban J connectivity index is 1.81. The van der Waals surface area contributed by atoms with Crippen LogP contribution in [0.1, 0.15) is 47.2 Å². The number of nitrogens with zero attached hydrogens (tertiary/aromatic N) is 1. The summed E-state index contributed by atoms with van der Waals surface area (Å²) in [4.78, 5) is 13.6. The Morgan fingerprint density at radius 3 is 2.72 bits per heavy atom. The number of hydrogen-bond acceptors (Lipinski definition) is 2. The summed E-state index contributed by atoms with van der Waals surface area (Å²) < 4.78 is 0. The van der Waals surface area contributed by atoms with Crippen molar-refractivity contribution in [3.8, 4) is 0 Å². The average Bonchev–Trinajstić information content (AvgIpc) is 2.91. The maximum absolute atomic E-state index is 11.0. The fraction of sp³-hybridized carbons (Fsp3) is 0.533. The van der Waals surface area contributed by atoms with E-state index in [1.165, 1.54) is 36.8 Å². The summed E-state index contributed by atoms with van der Waals surface area (Å²) in [5.41, 5.74) is 2.96. The van der Waals surface area contributed by atoms with Crippen molar-refractivity contribution in [1.29, 1.82) is 0 Å². The molecule has 3 nitrogen and oxygen atoms in total. The molecular weight excluding hydrogens is 226 g/mol. The van der Waals surface area contributed by atoms with E-state index in [4.69, 9.17) is 5.11 Å². The third-order valence-electron chi connectivity index (χ3n) is 4.34. The first-order chi connectivity index (χ1) is 8.74. The summed E-state index contributed by atoms with van der Waals surface area (Å²) >= 11 is 0. The third-order valence-corrected chi connectivity index (χ3v) is 4.34. The van der Waals surface area contributed by atoms with Gasteiger partial charge in [-0.25, -0.2) is 4.79 Å². The molecule has 2 aliphatic rings. The predicted molar refractivity (Wildman–Crippen MR) is 69.8 cm³/mol. The minimum Gasteiger partial charge on any atom is -0.478 e. The standard InChI is InChI=1S/C15H19NO2/c17-15(18)12-6-5-11-7-8-16(10-13(11)9-12)14-3-1-2-4-14/h5-6,9,14H,1-4,7-8,10H2,(H,17,18). The second kappa shape index (κ2) is 4.73. The summed E-state index contributed by atoms with van der Waals surface area (Å²) in [5, 5.41) is 9.05. The highest BCUT2D eigenvalue weighted by Crippen LogP contribution is 2.29. The van der Waals surface area contributed by atoms with E-state index in [9.17, 15) is 4.79 Å². The normalized spacial score (nSPS) is 20.9. The Kier molecular flexibility index (Phi) is 3.08. The van der Waals surface area contributed by atoms with Crippen LogP contribution >= 0.6 is 0 Å².